The molecule has 25 heavy (non-hydrogen) atoms. The summed E-state index contributed by atoms with van der Waals surface area (Å²) in [5.41, 5.74) is 0.696. The van der Waals surface area contributed by atoms with E-state index >= 15 is 0 Å². The van der Waals surface area contributed by atoms with E-state index in [0.717, 1.165) is 25.3 Å². The molecule has 1 N–H and O–H groups in total. The molecule has 2 bridgehead atoms. The molecule has 2 heterocycles. The summed E-state index contributed by atoms with van der Waals surface area (Å²) in [6.45, 7) is 1.63. The van der Waals surface area contributed by atoms with Crippen molar-refractivity contribution in [3.8, 4) is 11.5 Å². The molecule has 2 unspecified atom stereocenters. The SMILES string of the molecule is Cl.O=C(c1cccc(Oc2ccccc2)c1)N1CCC2CCC(C1)N2. The highest BCUT2D eigenvalue weighted by Gasteiger charge is 2.31. The van der Waals surface area contributed by atoms with Gasteiger partial charge in [-0.2, -0.15) is 0 Å². The number of likely N-dealkylation sites (tertiary alicyclic amines) is 1. The van der Waals surface area contributed by atoms with Gasteiger partial charge in [0, 0.05) is 30.7 Å². The quantitative estimate of drug-likeness (QED) is 0.905. The van der Waals surface area contributed by atoms with Crippen LogP contribution in [0.25, 0.3) is 0 Å². The fourth-order valence-corrected chi connectivity index (χ4v) is 3.63. The summed E-state index contributed by atoms with van der Waals surface area (Å²) in [6.07, 6.45) is 3.46. The molecule has 0 aromatic heterocycles. The lowest BCUT2D eigenvalue weighted by Crippen LogP contribution is -2.39. The summed E-state index contributed by atoms with van der Waals surface area (Å²) in [4.78, 5) is 14.9. The average Bonchev–Trinajstić information content (AvgIpc) is 2.94. The molecule has 2 aromatic rings. The largest absolute Gasteiger partial charge is 0.457 e. The zero-order chi connectivity index (χ0) is 16.4. The Balaban J connectivity index is 0.00000182. The molecule has 2 saturated heterocycles. The van der Waals surface area contributed by atoms with Gasteiger partial charge in [0.1, 0.15) is 11.5 Å². The Morgan fingerprint density at radius 2 is 1.72 bits per heavy atom. The zero-order valence-corrected chi connectivity index (χ0v) is 14.9. The molecule has 0 saturated carbocycles. The number of nitrogens with zero attached hydrogens (tertiary/aromatic N) is 1. The number of ether oxygens (including phenoxy) is 1. The van der Waals surface area contributed by atoms with Gasteiger partial charge in [0.2, 0.25) is 0 Å². The maximum Gasteiger partial charge on any atom is 0.254 e. The molecule has 5 heteroatoms. The first-order valence-electron chi connectivity index (χ1n) is 8.66. The van der Waals surface area contributed by atoms with Crippen LogP contribution in [0.3, 0.4) is 0 Å². The second kappa shape index (κ2) is 7.89. The van der Waals surface area contributed by atoms with Crippen molar-refractivity contribution in [2.24, 2.45) is 0 Å². The highest BCUT2D eigenvalue weighted by atomic mass is 35.5. The van der Waals surface area contributed by atoms with Crippen LogP contribution in [-0.2, 0) is 0 Å². The molecule has 0 spiro atoms. The number of amides is 1. The number of benzene rings is 2. The van der Waals surface area contributed by atoms with E-state index in [1.807, 2.05) is 59.5 Å². The van der Waals surface area contributed by atoms with Crippen LogP contribution in [0, 0.1) is 0 Å². The number of carbonyl (C=O) groups is 1. The molecule has 0 radical (unpaired) electrons. The fourth-order valence-electron chi connectivity index (χ4n) is 3.63. The summed E-state index contributed by atoms with van der Waals surface area (Å²) in [5.74, 6) is 1.57. The number of rotatable bonds is 3. The molecule has 4 rings (SSSR count). The van der Waals surface area contributed by atoms with E-state index in [4.69, 9.17) is 4.74 Å². The Hall–Kier alpha value is -2.04. The van der Waals surface area contributed by atoms with Gasteiger partial charge in [0.25, 0.3) is 5.91 Å². The predicted octanol–water partition coefficient (Wildman–Crippen LogP) is 3.87. The van der Waals surface area contributed by atoms with E-state index in [2.05, 4.69) is 5.32 Å². The summed E-state index contributed by atoms with van der Waals surface area (Å²) in [5, 5.41) is 3.61. The molecule has 2 aliphatic rings. The summed E-state index contributed by atoms with van der Waals surface area (Å²) in [6, 6.07) is 18.1. The second-order valence-electron chi connectivity index (χ2n) is 6.62. The molecule has 0 aliphatic carbocycles. The normalized spacial score (nSPS) is 22.0. The Morgan fingerprint density at radius 1 is 0.960 bits per heavy atom. The van der Waals surface area contributed by atoms with Gasteiger partial charge in [-0.1, -0.05) is 24.3 Å². The van der Waals surface area contributed by atoms with E-state index in [0.29, 0.717) is 23.4 Å². The molecular formula is C20H23ClN2O2. The Morgan fingerprint density at radius 3 is 2.56 bits per heavy atom. The topological polar surface area (TPSA) is 41.6 Å². The lowest BCUT2D eigenvalue weighted by atomic mass is 10.1. The number of para-hydroxylation sites is 1. The number of fused-ring (bicyclic) bond motifs is 2. The van der Waals surface area contributed by atoms with Crippen molar-refractivity contribution in [1.82, 2.24) is 10.2 Å². The van der Waals surface area contributed by atoms with Gasteiger partial charge in [-0.25, -0.2) is 0 Å². The van der Waals surface area contributed by atoms with Crippen LogP contribution in [0.1, 0.15) is 29.6 Å². The number of halogens is 1. The first-order chi connectivity index (χ1) is 11.8. The second-order valence-corrected chi connectivity index (χ2v) is 6.62. The van der Waals surface area contributed by atoms with E-state index in [-0.39, 0.29) is 18.3 Å². The van der Waals surface area contributed by atoms with Crippen molar-refractivity contribution in [2.45, 2.75) is 31.3 Å². The van der Waals surface area contributed by atoms with Gasteiger partial charge in [-0.05, 0) is 49.6 Å². The van der Waals surface area contributed by atoms with Gasteiger partial charge in [0.05, 0.1) is 0 Å². The third kappa shape index (κ3) is 4.14. The summed E-state index contributed by atoms with van der Waals surface area (Å²) in [7, 11) is 0. The van der Waals surface area contributed by atoms with Gasteiger partial charge in [-0.3, -0.25) is 4.79 Å². The standard InChI is InChI=1S/C20H22N2O2.ClH/c23-20(22-12-11-16-9-10-17(14-22)21-16)15-5-4-8-19(13-15)24-18-6-2-1-3-7-18;/h1-8,13,16-17,21H,9-12,14H2;1H. The lowest BCUT2D eigenvalue weighted by molar-refractivity contribution is 0.0748. The maximum absolute atomic E-state index is 12.9. The Labute approximate surface area is 154 Å². The van der Waals surface area contributed by atoms with Crippen LogP contribution in [-0.4, -0.2) is 36.0 Å². The zero-order valence-electron chi connectivity index (χ0n) is 14.1. The van der Waals surface area contributed by atoms with Crippen LogP contribution in [0.15, 0.2) is 54.6 Å². The van der Waals surface area contributed by atoms with E-state index in [1.165, 1.54) is 12.8 Å². The molecular weight excluding hydrogens is 336 g/mol. The van der Waals surface area contributed by atoms with Crippen molar-refractivity contribution >= 4 is 18.3 Å². The van der Waals surface area contributed by atoms with E-state index < -0.39 is 0 Å². The highest BCUT2D eigenvalue weighted by Crippen LogP contribution is 2.24. The molecule has 2 aromatic carbocycles. The molecule has 132 valence electrons. The van der Waals surface area contributed by atoms with Crippen LogP contribution < -0.4 is 10.1 Å². The molecule has 1 amide bonds. The van der Waals surface area contributed by atoms with Crippen LogP contribution in [0.4, 0.5) is 0 Å². The number of nitrogens with one attached hydrogen (secondary N) is 1. The third-order valence-corrected chi connectivity index (χ3v) is 4.87. The van der Waals surface area contributed by atoms with Crippen LogP contribution in [0.2, 0.25) is 0 Å². The maximum atomic E-state index is 12.9. The lowest BCUT2D eigenvalue weighted by Gasteiger charge is -2.24. The van der Waals surface area contributed by atoms with Crippen molar-refractivity contribution in [1.29, 1.82) is 0 Å². The predicted molar refractivity (Wildman–Crippen MR) is 101 cm³/mol. The summed E-state index contributed by atoms with van der Waals surface area (Å²) >= 11 is 0. The minimum atomic E-state index is 0. The number of hydrogen-bond donors (Lipinski definition) is 1. The Bertz CT molecular complexity index is 723. The van der Waals surface area contributed by atoms with Crippen LogP contribution >= 0.6 is 12.4 Å². The number of hydrogen-bond acceptors (Lipinski definition) is 3. The monoisotopic (exact) mass is 358 g/mol. The molecule has 2 fully saturated rings. The fraction of sp³-hybridized carbons (Fsp3) is 0.350. The van der Waals surface area contributed by atoms with Gasteiger partial charge < -0.3 is 15.0 Å². The van der Waals surface area contributed by atoms with Gasteiger partial charge in [0.15, 0.2) is 0 Å². The highest BCUT2D eigenvalue weighted by molar-refractivity contribution is 5.94. The summed E-state index contributed by atoms with van der Waals surface area (Å²) < 4.78 is 5.85. The van der Waals surface area contributed by atoms with Gasteiger partial charge in [-0.15, -0.1) is 12.4 Å². The average molecular weight is 359 g/mol. The first-order valence-corrected chi connectivity index (χ1v) is 8.66. The molecule has 4 nitrogen and oxygen atoms in total. The first kappa shape index (κ1) is 17.8. The van der Waals surface area contributed by atoms with Crippen molar-refractivity contribution in [3.05, 3.63) is 60.2 Å². The molecule has 2 atom stereocenters. The van der Waals surface area contributed by atoms with E-state index in [1.54, 1.807) is 0 Å². The number of carbonyl (C=O) groups excluding carboxylic acids is 1. The molecule has 2 aliphatic heterocycles. The third-order valence-electron chi connectivity index (χ3n) is 4.87. The van der Waals surface area contributed by atoms with E-state index in [9.17, 15) is 4.79 Å². The van der Waals surface area contributed by atoms with Gasteiger partial charge >= 0.3 is 0 Å². The minimum absolute atomic E-state index is 0. The minimum Gasteiger partial charge on any atom is -0.457 e. The smallest absolute Gasteiger partial charge is 0.254 e. The van der Waals surface area contributed by atoms with Crippen molar-refractivity contribution in [2.75, 3.05) is 13.1 Å². The van der Waals surface area contributed by atoms with Crippen LogP contribution in [0.5, 0.6) is 11.5 Å². The van der Waals surface area contributed by atoms with Crippen molar-refractivity contribution < 1.29 is 9.53 Å². The Kier molecular flexibility index (Phi) is 5.61. The van der Waals surface area contributed by atoms with Crippen molar-refractivity contribution in [3.63, 3.8) is 0 Å².